The molecule has 7 heteroatoms. The van der Waals surface area contributed by atoms with E-state index in [9.17, 15) is 14.4 Å². The van der Waals surface area contributed by atoms with Crippen molar-refractivity contribution in [1.29, 1.82) is 0 Å². The Balaban J connectivity index is 1.59. The van der Waals surface area contributed by atoms with E-state index in [-0.39, 0.29) is 24.3 Å². The molecule has 2 saturated heterocycles. The summed E-state index contributed by atoms with van der Waals surface area (Å²) >= 11 is 0. The lowest BCUT2D eigenvalue weighted by atomic mass is 9.88. The maximum atomic E-state index is 12.6. The van der Waals surface area contributed by atoms with Crippen molar-refractivity contribution in [2.45, 2.75) is 31.2 Å². The number of hydrogen-bond donors (Lipinski definition) is 0. The number of carbonyl (C=O) groups is 3. The van der Waals surface area contributed by atoms with Crippen LogP contribution >= 0.6 is 0 Å². The molecule has 1 unspecified atom stereocenters. The molecule has 3 rings (SSSR count). The van der Waals surface area contributed by atoms with E-state index >= 15 is 0 Å². The molecule has 2 aliphatic heterocycles. The van der Waals surface area contributed by atoms with Gasteiger partial charge in [0.25, 0.3) is 5.91 Å². The van der Waals surface area contributed by atoms with Crippen LogP contribution in [0.1, 0.15) is 30.7 Å². The van der Waals surface area contributed by atoms with E-state index < -0.39 is 6.04 Å². The Labute approximate surface area is 153 Å². The highest BCUT2D eigenvalue weighted by Crippen LogP contribution is 2.34. The highest BCUT2D eigenvalue weighted by Gasteiger charge is 2.42. The number of methoxy groups -OCH3 is 1. The van der Waals surface area contributed by atoms with Gasteiger partial charge in [0.15, 0.2) is 0 Å². The van der Waals surface area contributed by atoms with Gasteiger partial charge in [0, 0.05) is 27.2 Å². The molecule has 2 aliphatic rings. The zero-order chi connectivity index (χ0) is 18.8. The quantitative estimate of drug-likeness (QED) is 0.767. The number of nitrogens with zero attached hydrogens (tertiary/aromatic N) is 3. The molecule has 0 bridgehead atoms. The summed E-state index contributed by atoms with van der Waals surface area (Å²) in [5, 5.41) is 0. The van der Waals surface area contributed by atoms with Crippen LogP contribution in [0.4, 0.5) is 4.79 Å². The van der Waals surface area contributed by atoms with Crippen molar-refractivity contribution in [2.24, 2.45) is 0 Å². The van der Waals surface area contributed by atoms with Crippen LogP contribution in [0.15, 0.2) is 24.3 Å². The number of amides is 4. The fourth-order valence-electron chi connectivity index (χ4n) is 3.82. The molecule has 2 heterocycles. The maximum Gasteiger partial charge on any atom is 0.326 e. The van der Waals surface area contributed by atoms with Gasteiger partial charge in [0.2, 0.25) is 5.91 Å². The van der Waals surface area contributed by atoms with Gasteiger partial charge < -0.3 is 14.5 Å². The predicted octanol–water partition coefficient (Wildman–Crippen LogP) is 1.68. The van der Waals surface area contributed by atoms with Crippen molar-refractivity contribution in [2.75, 3.05) is 34.3 Å². The van der Waals surface area contributed by atoms with Crippen LogP contribution in [0.5, 0.6) is 5.75 Å². The highest BCUT2D eigenvalue weighted by atomic mass is 16.5. The Morgan fingerprint density at radius 3 is 2.38 bits per heavy atom. The zero-order valence-electron chi connectivity index (χ0n) is 15.5. The molecule has 4 amide bonds. The van der Waals surface area contributed by atoms with Crippen molar-refractivity contribution >= 4 is 17.8 Å². The van der Waals surface area contributed by atoms with Crippen molar-refractivity contribution in [3.63, 3.8) is 0 Å². The zero-order valence-corrected chi connectivity index (χ0v) is 15.5. The average molecular weight is 359 g/mol. The van der Waals surface area contributed by atoms with Gasteiger partial charge in [-0.2, -0.15) is 0 Å². The minimum Gasteiger partial charge on any atom is -0.496 e. The fourth-order valence-corrected chi connectivity index (χ4v) is 3.82. The molecule has 0 spiro atoms. The van der Waals surface area contributed by atoms with E-state index in [1.54, 1.807) is 19.1 Å². The Bertz CT molecular complexity index is 712. The van der Waals surface area contributed by atoms with Crippen LogP contribution in [0.25, 0.3) is 0 Å². The van der Waals surface area contributed by atoms with Crippen LogP contribution in [0.2, 0.25) is 0 Å². The summed E-state index contributed by atoms with van der Waals surface area (Å²) in [6.07, 6.45) is 1.77. The monoisotopic (exact) mass is 359 g/mol. The topological polar surface area (TPSA) is 70.2 Å². The molecule has 0 N–H and O–H groups in total. The van der Waals surface area contributed by atoms with Crippen LogP contribution < -0.4 is 4.74 Å². The first-order valence-corrected chi connectivity index (χ1v) is 8.89. The smallest absolute Gasteiger partial charge is 0.326 e. The first-order chi connectivity index (χ1) is 12.4. The molecule has 140 valence electrons. The molecule has 0 saturated carbocycles. The lowest BCUT2D eigenvalue weighted by molar-refractivity contribution is -0.137. The third kappa shape index (κ3) is 3.25. The number of piperidine rings is 1. The third-order valence-corrected chi connectivity index (χ3v) is 5.47. The Morgan fingerprint density at radius 1 is 1.15 bits per heavy atom. The van der Waals surface area contributed by atoms with Gasteiger partial charge >= 0.3 is 6.03 Å². The minimum atomic E-state index is -0.688. The van der Waals surface area contributed by atoms with Crippen LogP contribution in [0.3, 0.4) is 0 Å². The third-order valence-electron chi connectivity index (χ3n) is 5.47. The molecule has 2 fully saturated rings. The highest BCUT2D eigenvalue weighted by molar-refractivity contribution is 6.05. The fraction of sp³-hybridized carbons (Fsp3) is 0.526. The number of urea groups is 1. The lowest BCUT2D eigenvalue weighted by Crippen LogP contribution is -2.42. The van der Waals surface area contributed by atoms with E-state index in [0.29, 0.717) is 19.0 Å². The van der Waals surface area contributed by atoms with Crippen molar-refractivity contribution in [1.82, 2.24) is 14.7 Å². The van der Waals surface area contributed by atoms with Crippen LogP contribution in [-0.2, 0) is 9.59 Å². The number of para-hydroxylation sites is 1. The second-order valence-electron chi connectivity index (χ2n) is 6.91. The molecule has 1 atom stereocenters. The molecule has 0 radical (unpaired) electrons. The summed E-state index contributed by atoms with van der Waals surface area (Å²) < 4.78 is 5.45. The van der Waals surface area contributed by atoms with E-state index in [2.05, 4.69) is 6.07 Å². The number of imide groups is 1. The van der Waals surface area contributed by atoms with E-state index in [1.807, 2.05) is 18.2 Å². The summed E-state index contributed by atoms with van der Waals surface area (Å²) in [4.78, 5) is 40.8. The summed E-state index contributed by atoms with van der Waals surface area (Å²) in [7, 11) is 4.69. The first-order valence-electron chi connectivity index (χ1n) is 8.89. The summed E-state index contributed by atoms with van der Waals surface area (Å²) in [5.74, 6) is 0.863. The van der Waals surface area contributed by atoms with Gasteiger partial charge in [0.1, 0.15) is 11.8 Å². The normalized spacial score (nSPS) is 21.5. The average Bonchev–Trinajstić information content (AvgIpc) is 2.86. The van der Waals surface area contributed by atoms with Gasteiger partial charge in [-0.1, -0.05) is 18.2 Å². The Morgan fingerprint density at radius 2 is 1.81 bits per heavy atom. The second kappa shape index (κ2) is 7.35. The first kappa shape index (κ1) is 18.2. The summed E-state index contributed by atoms with van der Waals surface area (Å²) in [6.45, 7) is 1.30. The largest absolute Gasteiger partial charge is 0.496 e. The summed E-state index contributed by atoms with van der Waals surface area (Å²) in [6, 6.07) is 6.95. The molecule has 1 aromatic rings. The number of hydrogen-bond acceptors (Lipinski definition) is 4. The Hall–Kier alpha value is -2.57. The van der Waals surface area contributed by atoms with Crippen LogP contribution in [-0.4, -0.2) is 72.9 Å². The Kier molecular flexibility index (Phi) is 5.15. The maximum absolute atomic E-state index is 12.6. The standard InChI is InChI=1S/C19H25N3O4/c1-20-15(18(24)21(2)19(20)25)12-17(23)22-10-8-13(9-11-22)14-6-4-5-7-16(14)26-3/h4-7,13,15H,8-12H2,1-3H3. The van der Waals surface area contributed by atoms with E-state index in [4.69, 9.17) is 4.74 Å². The SMILES string of the molecule is COc1ccccc1C1CCN(C(=O)CC2C(=O)N(C)C(=O)N2C)CC1. The molecule has 7 nitrogen and oxygen atoms in total. The van der Waals surface area contributed by atoms with Crippen molar-refractivity contribution < 1.29 is 19.1 Å². The number of likely N-dealkylation sites (N-methyl/N-ethyl adjacent to an activating group) is 2. The van der Waals surface area contributed by atoms with Crippen LogP contribution in [0, 0.1) is 0 Å². The van der Waals surface area contributed by atoms with Crippen molar-refractivity contribution in [3.8, 4) is 5.75 Å². The molecule has 1 aromatic carbocycles. The van der Waals surface area contributed by atoms with Gasteiger partial charge in [-0.25, -0.2) is 4.79 Å². The molecule has 0 aliphatic carbocycles. The second-order valence-corrected chi connectivity index (χ2v) is 6.91. The predicted molar refractivity (Wildman–Crippen MR) is 95.9 cm³/mol. The molecular weight excluding hydrogens is 334 g/mol. The van der Waals surface area contributed by atoms with Gasteiger partial charge in [-0.05, 0) is 30.4 Å². The molecular formula is C19H25N3O4. The molecule has 26 heavy (non-hydrogen) atoms. The summed E-state index contributed by atoms with van der Waals surface area (Å²) in [5.41, 5.74) is 1.18. The number of ether oxygens (including phenoxy) is 1. The van der Waals surface area contributed by atoms with Crippen molar-refractivity contribution in [3.05, 3.63) is 29.8 Å². The van der Waals surface area contributed by atoms with E-state index in [1.165, 1.54) is 17.5 Å². The lowest BCUT2D eigenvalue weighted by Gasteiger charge is -2.33. The number of rotatable bonds is 4. The van der Waals surface area contributed by atoms with Gasteiger partial charge in [-0.3, -0.25) is 14.5 Å². The molecule has 0 aromatic heterocycles. The number of benzene rings is 1. The number of carbonyl (C=O) groups excluding carboxylic acids is 3. The van der Waals surface area contributed by atoms with E-state index in [0.717, 1.165) is 23.5 Å². The van der Waals surface area contributed by atoms with Gasteiger partial charge in [0.05, 0.1) is 13.5 Å². The van der Waals surface area contributed by atoms with Gasteiger partial charge in [-0.15, -0.1) is 0 Å². The minimum absolute atomic E-state index is 0.0464. The number of likely N-dealkylation sites (tertiary alicyclic amines) is 1.